The number of rotatable bonds is 4. The molecule has 0 aromatic carbocycles. The van der Waals surface area contributed by atoms with Crippen molar-refractivity contribution in [3.63, 3.8) is 0 Å². The molecule has 6 heteroatoms. The van der Waals surface area contributed by atoms with E-state index < -0.39 is 5.97 Å². The third kappa shape index (κ3) is 3.33. The van der Waals surface area contributed by atoms with Crippen molar-refractivity contribution < 1.29 is 19.4 Å². The van der Waals surface area contributed by atoms with Crippen LogP contribution in [0.25, 0.3) is 0 Å². The van der Waals surface area contributed by atoms with Crippen LogP contribution in [0.3, 0.4) is 0 Å². The molecular formula is C14H18N2O4. The lowest BCUT2D eigenvalue weighted by molar-refractivity contribution is -0.0250. The van der Waals surface area contributed by atoms with Gasteiger partial charge in [-0.1, -0.05) is 13.3 Å². The number of aromatic carboxylic acids is 1. The van der Waals surface area contributed by atoms with Crippen LogP contribution in [0.4, 0.5) is 0 Å². The second-order valence-corrected chi connectivity index (χ2v) is 4.77. The third-order valence-corrected chi connectivity index (χ3v) is 3.27. The Morgan fingerprint density at radius 3 is 2.90 bits per heavy atom. The SMILES string of the molecule is CCCC1CN(C(=O)c2ccc(C(=O)O)nc2)CCO1. The Labute approximate surface area is 117 Å². The predicted molar refractivity (Wildman–Crippen MR) is 71.7 cm³/mol. The number of hydrogen-bond donors (Lipinski definition) is 1. The highest BCUT2D eigenvalue weighted by Crippen LogP contribution is 2.13. The normalized spacial score (nSPS) is 18.9. The van der Waals surface area contributed by atoms with Crippen molar-refractivity contribution >= 4 is 11.9 Å². The maximum absolute atomic E-state index is 12.3. The molecule has 0 aliphatic carbocycles. The molecule has 20 heavy (non-hydrogen) atoms. The summed E-state index contributed by atoms with van der Waals surface area (Å²) in [5, 5.41) is 8.78. The van der Waals surface area contributed by atoms with Crippen LogP contribution in [0.5, 0.6) is 0 Å². The first-order chi connectivity index (χ1) is 9.61. The topological polar surface area (TPSA) is 79.7 Å². The van der Waals surface area contributed by atoms with E-state index >= 15 is 0 Å². The zero-order chi connectivity index (χ0) is 14.5. The third-order valence-electron chi connectivity index (χ3n) is 3.27. The number of carboxylic acids is 1. The number of amides is 1. The summed E-state index contributed by atoms with van der Waals surface area (Å²) < 4.78 is 5.60. The van der Waals surface area contributed by atoms with Crippen LogP contribution in [0.2, 0.25) is 0 Å². The summed E-state index contributed by atoms with van der Waals surface area (Å²) in [5.41, 5.74) is 0.347. The highest BCUT2D eigenvalue weighted by atomic mass is 16.5. The van der Waals surface area contributed by atoms with E-state index in [2.05, 4.69) is 11.9 Å². The molecule has 2 heterocycles. The van der Waals surface area contributed by atoms with Crippen molar-refractivity contribution in [2.45, 2.75) is 25.9 Å². The zero-order valence-corrected chi connectivity index (χ0v) is 11.4. The Morgan fingerprint density at radius 1 is 1.50 bits per heavy atom. The largest absolute Gasteiger partial charge is 0.477 e. The van der Waals surface area contributed by atoms with Gasteiger partial charge >= 0.3 is 5.97 Å². The first-order valence-corrected chi connectivity index (χ1v) is 6.72. The minimum absolute atomic E-state index is 0.0626. The van der Waals surface area contributed by atoms with Gasteiger partial charge in [-0.15, -0.1) is 0 Å². The fourth-order valence-corrected chi connectivity index (χ4v) is 2.23. The molecule has 1 saturated heterocycles. The van der Waals surface area contributed by atoms with E-state index in [4.69, 9.17) is 9.84 Å². The van der Waals surface area contributed by atoms with Crippen LogP contribution in [-0.2, 0) is 4.74 Å². The number of nitrogens with zero attached hydrogens (tertiary/aromatic N) is 2. The lowest BCUT2D eigenvalue weighted by Gasteiger charge is -2.32. The van der Waals surface area contributed by atoms with Crippen LogP contribution >= 0.6 is 0 Å². The molecule has 1 N–H and O–H groups in total. The van der Waals surface area contributed by atoms with Crippen molar-refractivity contribution in [2.75, 3.05) is 19.7 Å². The van der Waals surface area contributed by atoms with E-state index in [1.54, 1.807) is 4.90 Å². The maximum Gasteiger partial charge on any atom is 0.354 e. The smallest absolute Gasteiger partial charge is 0.354 e. The van der Waals surface area contributed by atoms with Gasteiger partial charge in [-0.25, -0.2) is 9.78 Å². The number of hydrogen-bond acceptors (Lipinski definition) is 4. The summed E-state index contributed by atoms with van der Waals surface area (Å²) in [6.07, 6.45) is 3.35. The van der Waals surface area contributed by atoms with Gasteiger partial charge in [0.25, 0.3) is 5.91 Å². The lowest BCUT2D eigenvalue weighted by atomic mass is 10.1. The molecule has 2 rings (SSSR count). The molecular weight excluding hydrogens is 260 g/mol. The van der Waals surface area contributed by atoms with E-state index in [1.165, 1.54) is 18.3 Å². The van der Waals surface area contributed by atoms with Gasteiger partial charge in [0.05, 0.1) is 18.3 Å². The van der Waals surface area contributed by atoms with Crippen LogP contribution in [-0.4, -0.2) is 52.7 Å². The second kappa shape index (κ2) is 6.47. The number of carbonyl (C=O) groups is 2. The summed E-state index contributed by atoms with van der Waals surface area (Å²) in [6, 6.07) is 2.85. The Balaban J connectivity index is 2.04. The molecule has 1 aliphatic rings. The number of aromatic nitrogens is 1. The first kappa shape index (κ1) is 14.5. The van der Waals surface area contributed by atoms with Crippen molar-refractivity contribution in [1.82, 2.24) is 9.88 Å². The van der Waals surface area contributed by atoms with Crippen molar-refractivity contribution in [3.05, 3.63) is 29.6 Å². The summed E-state index contributed by atoms with van der Waals surface area (Å²) in [5.74, 6) is -1.22. The molecule has 0 radical (unpaired) electrons. The lowest BCUT2D eigenvalue weighted by Crippen LogP contribution is -2.45. The highest BCUT2D eigenvalue weighted by molar-refractivity contribution is 5.95. The molecule has 0 bridgehead atoms. The molecule has 1 atom stereocenters. The fraction of sp³-hybridized carbons (Fsp3) is 0.500. The molecule has 0 saturated carbocycles. The molecule has 1 unspecified atom stereocenters. The van der Waals surface area contributed by atoms with Gasteiger partial charge in [0.15, 0.2) is 0 Å². The average Bonchev–Trinajstić information content (AvgIpc) is 2.47. The van der Waals surface area contributed by atoms with Crippen LogP contribution in [0.1, 0.15) is 40.6 Å². The summed E-state index contributed by atoms with van der Waals surface area (Å²) in [7, 11) is 0. The van der Waals surface area contributed by atoms with Crippen molar-refractivity contribution in [2.24, 2.45) is 0 Å². The fourth-order valence-electron chi connectivity index (χ4n) is 2.23. The molecule has 0 spiro atoms. The minimum atomic E-state index is -1.10. The predicted octanol–water partition coefficient (Wildman–Crippen LogP) is 1.42. The minimum Gasteiger partial charge on any atom is -0.477 e. The number of carbonyl (C=O) groups excluding carboxylic acids is 1. The number of morpholine rings is 1. The van der Waals surface area contributed by atoms with E-state index in [0.717, 1.165) is 12.8 Å². The number of pyridine rings is 1. The van der Waals surface area contributed by atoms with E-state index in [1.807, 2.05) is 0 Å². The molecule has 6 nitrogen and oxygen atoms in total. The van der Waals surface area contributed by atoms with Gasteiger partial charge in [-0.3, -0.25) is 4.79 Å². The Bertz CT molecular complexity index is 484. The maximum atomic E-state index is 12.3. The van der Waals surface area contributed by atoms with Crippen LogP contribution in [0, 0.1) is 0 Å². The quantitative estimate of drug-likeness (QED) is 0.901. The molecule has 1 fully saturated rings. The summed E-state index contributed by atoms with van der Waals surface area (Å²) >= 11 is 0. The van der Waals surface area contributed by atoms with Gasteiger partial charge in [-0.05, 0) is 18.6 Å². The monoisotopic (exact) mass is 278 g/mol. The summed E-state index contributed by atoms with van der Waals surface area (Å²) in [6.45, 7) is 3.75. The Kier molecular flexibility index (Phi) is 4.68. The second-order valence-electron chi connectivity index (χ2n) is 4.77. The molecule has 108 valence electrons. The first-order valence-electron chi connectivity index (χ1n) is 6.72. The van der Waals surface area contributed by atoms with E-state index in [0.29, 0.717) is 25.3 Å². The summed E-state index contributed by atoms with van der Waals surface area (Å²) in [4.78, 5) is 28.5. The average molecular weight is 278 g/mol. The molecule has 1 aromatic rings. The van der Waals surface area contributed by atoms with Gasteiger partial charge in [0.2, 0.25) is 0 Å². The zero-order valence-electron chi connectivity index (χ0n) is 11.4. The Hall–Kier alpha value is -1.95. The van der Waals surface area contributed by atoms with Crippen LogP contribution in [0.15, 0.2) is 18.3 Å². The van der Waals surface area contributed by atoms with Gasteiger partial charge < -0.3 is 14.7 Å². The van der Waals surface area contributed by atoms with E-state index in [-0.39, 0.29) is 17.7 Å². The van der Waals surface area contributed by atoms with Gasteiger partial charge in [0.1, 0.15) is 5.69 Å². The standard InChI is InChI=1S/C14H18N2O4/c1-2-3-11-9-16(6-7-20-11)13(17)10-4-5-12(14(18)19)15-8-10/h4-5,8,11H,2-3,6-7,9H2,1H3,(H,18,19). The molecule has 1 aromatic heterocycles. The number of ether oxygens (including phenoxy) is 1. The highest BCUT2D eigenvalue weighted by Gasteiger charge is 2.24. The van der Waals surface area contributed by atoms with Gasteiger partial charge in [0, 0.05) is 19.3 Å². The molecule has 1 aliphatic heterocycles. The Morgan fingerprint density at radius 2 is 2.30 bits per heavy atom. The number of carboxylic acid groups (broad SMARTS) is 1. The van der Waals surface area contributed by atoms with Crippen molar-refractivity contribution in [3.8, 4) is 0 Å². The van der Waals surface area contributed by atoms with Gasteiger partial charge in [-0.2, -0.15) is 0 Å². The molecule has 1 amide bonds. The van der Waals surface area contributed by atoms with E-state index in [9.17, 15) is 9.59 Å². The van der Waals surface area contributed by atoms with Crippen molar-refractivity contribution in [1.29, 1.82) is 0 Å². The van der Waals surface area contributed by atoms with Crippen LogP contribution < -0.4 is 0 Å².